The lowest BCUT2D eigenvalue weighted by Crippen LogP contribution is -2.46. The highest BCUT2D eigenvalue weighted by Crippen LogP contribution is 2.28. The van der Waals surface area contributed by atoms with Gasteiger partial charge in [0.05, 0.1) is 11.5 Å². The third-order valence-corrected chi connectivity index (χ3v) is 6.40. The second kappa shape index (κ2) is 11.7. The van der Waals surface area contributed by atoms with Gasteiger partial charge in [-0.2, -0.15) is 0 Å². The second-order valence-corrected chi connectivity index (χ2v) is 8.72. The molecule has 0 saturated carbocycles. The van der Waals surface area contributed by atoms with Crippen LogP contribution in [0.5, 0.6) is 0 Å². The topological polar surface area (TPSA) is 68.4 Å². The monoisotopic (exact) mass is 471 g/mol. The maximum Gasteiger partial charge on any atom is 0.227 e. The molecule has 2 heterocycles. The number of hydrogen-bond acceptors (Lipinski definition) is 7. The van der Waals surface area contributed by atoms with Crippen molar-refractivity contribution in [3.05, 3.63) is 72.7 Å². The van der Waals surface area contributed by atoms with Crippen LogP contribution < -0.4 is 20.9 Å². The largest absolute Gasteiger partial charge is 0.372 e. The van der Waals surface area contributed by atoms with Gasteiger partial charge in [-0.15, -0.1) is 0 Å². The zero-order valence-corrected chi connectivity index (χ0v) is 21.1. The molecule has 184 valence electrons. The molecule has 1 saturated heterocycles. The van der Waals surface area contributed by atoms with Crippen LogP contribution in [0, 0.1) is 0 Å². The Kier molecular flexibility index (Phi) is 8.21. The Hall–Kier alpha value is -3.58. The summed E-state index contributed by atoms with van der Waals surface area (Å²) in [6, 6.07) is 16.7. The van der Waals surface area contributed by atoms with Crippen molar-refractivity contribution in [2.75, 3.05) is 54.8 Å². The molecule has 7 nitrogen and oxygen atoms in total. The molecule has 1 aliphatic rings. The summed E-state index contributed by atoms with van der Waals surface area (Å²) < 4.78 is 0. The number of aromatic nitrogens is 2. The lowest BCUT2D eigenvalue weighted by Gasteiger charge is -2.36. The zero-order chi connectivity index (χ0) is 24.6. The first-order valence-electron chi connectivity index (χ1n) is 12.6. The van der Waals surface area contributed by atoms with E-state index >= 15 is 0 Å². The zero-order valence-electron chi connectivity index (χ0n) is 21.1. The molecule has 1 fully saturated rings. The Balaban J connectivity index is 1.45. The van der Waals surface area contributed by atoms with Gasteiger partial charge in [0.25, 0.3) is 0 Å². The van der Waals surface area contributed by atoms with E-state index in [9.17, 15) is 0 Å². The highest BCUT2D eigenvalue weighted by Gasteiger charge is 2.18. The molecule has 4 rings (SSSR count). The number of benzene rings is 2. The van der Waals surface area contributed by atoms with Crippen molar-refractivity contribution in [2.45, 2.75) is 27.2 Å². The number of aryl methyl sites for hydroxylation is 1. The van der Waals surface area contributed by atoms with Crippen LogP contribution >= 0.6 is 0 Å². The van der Waals surface area contributed by atoms with Crippen LogP contribution in [0.15, 0.2) is 67.1 Å². The molecule has 0 atom stereocenters. The summed E-state index contributed by atoms with van der Waals surface area (Å²) in [6.07, 6.45) is 2.78. The summed E-state index contributed by atoms with van der Waals surface area (Å²) in [5.74, 6) is 1.38. The van der Waals surface area contributed by atoms with Gasteiger partial charge in [0.1, 0.15) is 0 Å². The van der Waals surface area contributed by atoms with Crippen LogP contribution in [0.1, 0.15) is 26.3 Å². The fraction of sp³-hybridized carbons (Fsp3) is 0.357. The van der Waals surface area contributed by atoms with Crippen molar-refractivity contribution in [2.24, 2.45) is 0 Å². The van der Waals surface area contributed by atoms with Gasteiger partial charge in [-0.3, -0.25) is 0 Å². The number of likely N-dealkylation sites (N-methyl/N-ethyl adjacent to an activating group) is 1. The van der Waals surface area contributed by atoms with Gasteiger partial charge in [0.15, 0.2) is 0 Å². The predicted molar refractivity (Wildman–Crippen MR) is 147 cm³/mol. The van der Waals surface area contributed by atoms with Crippen LogP contribution in [0.3, 0.4) is 0 Å². The van der Waals surface area contributed by atoms with Crippen molar-refractivity contribution in [1.82, 2.24) is 20.2 Å². The minimum Gasteiger partial charge on any atom is -0.372 e. The number of rotatable bonds is 10. The highest BCUT2D eigenvalue weighted by atomic mass is 15.3. The van der Waals surface area contributed by atoms with Gasteiger partial charge in [-0.05, 0) is 61.9 Å². The molecule has 0 amide bonds. The SMILES string of the molecule is C=C(NCC)Nc1ccc(-c2ccnc(Nc3ccc(N4CCN(CC)CC4)c(CC)c3)n2)cc1. The molecule has 7 heteroatoms. The van der Waals surface area contributed by atoms with Crippen molar-refractivity contribution in [1.29, 1.82) is 0 Å². The van der Waals surface area contributed by atoms with E-state index in [1.165, 1.54) is 11.3 Å². The summed E-state index contributed by atoms with van der Waals surface area (Å²) in [7, 11) is 0. The van der Waals surface area contributed by atoms with Gasteiger partial charge in [-0.25, -0.2) is 9.97 Å². The molecule has 0 spiro atoms. The van der Waals surface area contributed by atoms with Crippen molar-refractivity contribution < 1.29 is 0 Å². The fourth-order valence-corrected chi connectivity index (χ4v) is 4.42. The van der Waals surface area contributed by atoms with Crippen LogP contribution in [-0.2, 0) is 6.42 Å². The molecular formula is C28H37N7. The Morgan fingerprint density at radius 1 is 0.943 bits per heavy atom. The summed E-state index contributed by atoms with van der Waals surface area (Å²) in [5, 5.41) is 9.82. The number of nitrogens with zero attached hydrogens (tertiary/aromatic N) is 4. The average Bonchev–Trinajstić information content (AvgIpc) is 2.89. The van der Waals surface area contributed by atoms with E-state index in [4.69, 9.17) is 4.98 Å². The summed E-state index contributed by atoms with van der Waals surface area (Å²) in [5.41, 5.74) is 6.59. The number of nitrogens with one attached hydrogen (secondary N) is 3. The molecule has 35 heavy (non-hydrogen) atoms. The first-order chi connectivity index (χ1) is 17.1. The molecule has 1 aliphatic heterocycles. The maximum atomic E-state index is 4.76. The van der Waals surface area contributed by atoms with E-state index in [1.54, 1.807) is 6.20 Å². The van der Waals surface area contributed by atoms with Gasteiger partial charge in [0.2, 0.25) is 5.95 Å². The minimum atomic E-state index is 0.594. The fourth-order valence-electron chi connectivity index (χ4n) is 4.42. The number of anilines is 4. The van der Waals surface area contributed by atoms with Crippen molar-refractivity contribution in [3.8, 4) is 11.3 Å². The van der Waals surface area contributed by atoms with E-state index in [2.05, 4.69) is 81.5 Å². The molecule has 2 aromatic carbocycles. The smallest absolute Gasteiger partial charge is 0.227 e. The van der Waals surface area contributed by atoms with Gasteiger partial charge in [0, 0.05) is 61.5 Å². The highest BCUT2D eigenvalue weighted by molar-refractivity contribution is 5.67. The van der Waals surface area contributed by atoms with Crippen LogP contribution in [0.4, 0.5) is 23.0 Å². The molecule has 0 aliphatic carbocycles. The standard InChI is InChI=1S/C28H37N7/c1-5-22-20-25(12-13-27(22)35-18-16-34(7-3)17-19-35)32-28-30-15-14-26(33-28)23-8-10-24(11-9-23)31-21(4)29-6-2/h8-15,20,29,31H,4-7,16-19H2,1-3H3,(H,30,32,33). The average molecular weight is 472 g/mol. The summed E-state index contributed by atoms with van der Waals surface area (Å²) in [4.78, 5) is 14.2. The Morgan fingerprint density at radius 2 is 1.69 bits per heavy atom. The third-order valence-electron chi connectivity index (χ3n) is 6.40. The predicted octanol–water partition coefficient (Wildman–Crippen LogP) is 5.08. The molecule has 0 bridgehead atoms. The van der Waals surface area contributed by atoms with Crippen LogP contribution in [-0.4, -0.2) is 54.1 Å². The lowest BCUT2D eigenvalue weighted by molar-refractivity contribution is 0.271. The van der Waals surface area contributed by atoms with Crippen molar-refractivity contribution >= 4 is 23.0 Å². The second-order valence-electron chi connectivity index (χ2n) is 8.72. The first-order valence-corrected chi connectivity index (χ1v) is 12.6. The van der Waals surface area contributed by atoms with E-state index in [0.29, 0.717) is 5.95 Å². The number of piperazine rings is 1. The van der Waals surface area contributed by atoms with Gasteiger partial charge in [-0.1, -0.05) is 32.6 Å². The normalized spacial score (nSPS) is 14.0. The molecule has 3 N–H and O–H groups in total. The molecule has 0 unspecified atom stereocenters. The van der Waals surface area contributed by atoms with E-state index in [-0.39, 0.29) is 0 Å². The minimum absolute atomic E-state index is 0.594. The lowest BCUT2D eigenvalue weighted by atomic mass is 10.1. The quantitative estimate of drug-likeness (QED) is 0.381. The molecular weight excluding hydrogens is 434 g/mol. The molecule has 0 radical (unpaired) electrons. The van der Waals surface area contributed by atoms with Gasteiger partial charge >= 0.3 is 0 Å². The van der Waals surface area contributed by atoms with E-state index < -0.39 is 0 Å². The van der Waals surface area contributed by atoms with Crippen LogP contribution in [0.2, 0.25) is 0 Å². The van der Waals surface area contributed by atoms with Crippen LogP contribution in [0.25, 0.3) is 11.3 Å². The maximum absolute atomic E-state index is 4.76. The van der Waals surface area contributed by atoms with Crippen molar-refractivity contribution in [3.63, 3.8) is 0 Å². The Bertz CT molecular complexity index is 1120. The third kappa shape index (κ3) is 6.31. The summed E-state index contributed by atoms with van der Waals surface area (Å²) in [6.45, 7) is 16.8. The summed E-state index contributed by atoms with van der Waals surface area (Å²) >= 11 is 0. The Labute approximate surface area is 209 Å². The van der Waals surface area contributed by atoms with E-state index in [1.807, 2.05) is 25.1 Å². The molecule has 3 aromatic rings. The Morgan fingerprint density at radius 3 is 2.37 bits per heavy atom. The first kappa shape index (κ1) is 24.5. The molecule has 1 aromatic heterocycles. The van der Waals surface area contributed by atoms with E-state index in [0.717, 1.165) is 74.1 Å². The van der Waals surface area contributed by atoms with Gasteiger partial charge < -0.3 is 25.8 Å². The number of hydrogen-bond donors (Lipinski definition) is 3.